The maximum Gasteiger partial charge on any atom is 0.338 e. The Morgan fingerprint density at radius 2 is 1.81 bits per heavy atom. The van der Waals surface area contributed by atoms with Gasteiger partial charge in [0, 0.05) is 0 Å². The molecule has 2 heteroatoms. The minimum atomic E-state index is -0.249. The summed E-state index contributed by atoms with van der Waals surface area (Å²) in [6.45, 7) is 4.25. The first-order valence-corrected chi connectivity index (χ1v) is 5.39. The average molecular weight is 214 g/mol. The molecule has 0 aliphatic heterocycles. The summed E-state index contributed by atoms with van der Waals surface area (Å²) in [4.78, 5) is 11.7. The molecule has 2 rings (SSSR count). The van der Waals surface area contributed by atoms with Gasteiger partial charge in [-0.2, -0.15) is 0 Å². The van der Waals surface area contributed by atoms with Gasteiger partial charge in [0.2, 0.25) is 0 Å². The molecule has 0 radical (unpaired) electrons. The quantitative estimate of drug-likeness (QED) is 0.717. The van der Waals surface area contributed by atoms with E-state index in [9.17, 15) is 4.79 Å². The van der Waals surface area contributed by atoms with E-state index in [-0.39, 0.29) is 5.97 Å². The zero-order valence-corrected chi connectivity index (χ0v) is 9.49. The molecular formula is C14H14O2. The van der Waals surface area contributed by atoms with Crippen molar-refractivity contribution < 1.29 is 9.53 Å². The second-order valence-electron chi connectivity index (χ2n) is 3.75. The number of rotatable bonds is 2. The van der Waals surface area contributed by atoms with Crippen LogP contribution in [0, 0.1) is 6.92 Å². The summed E-state index contributed by atoms with van der Waals surface area (Å²) in [5.74, 6) is -0.249. The Kier molecular flexibility index (Phi) is 2.91. The maximum atomic E-state index is 11.7. The van der Waals surface area contributed by atoms with Gasteiger partial charge >= 0.3 is 5.97 Å². The highest BCUT2D eigenvalue weighted by Crippen LogP contribution is 2.27. The van der Waals surface area contributed by atoms with E-state index < -0.39 is 0 Å². The Hall–Kier alpha value is -1.83. The van der Waals surface area contributed by atoms with Crippen LogP contribution in [-0.4, -0.2) is 12.6 Å². The first kappa shape index (κ1) is 10.7. The predicted octanol–water partition coefficient (Wildman–Crippen LogP) is 3.28. The van der Waals surface area contributed by atoms with Crippen molar-refractivity contribution in [1.29, 1.82) is 0 Å². The van der Waals surface area contributed by atoms with Crippen LogP contribution in [0.15, 0.2) is 36.4 Å². The predicted molar refractivity (Wildman–Crippen MR) is 63.8 cm³/mol. The molecule has 0 saturated heterocycles. The van der Waals surface area contributed by atoms with E-state index in [2.05, 4.69) is 0 Å². The van der Waals surface area contributed by atoms with Crippen LogP contribution in [0.3, 0.4) is 0 Å². The molecule has 0 aromatic heterocycles. The topological polar surface area (TPSA) is 26.3 Å². The van der Waals surface area contributed by atoms with Crippen molar-refractivity contribution in [2.45, 2.75) is 13.8 Å². The molecule has 0 bridgehead atoms. The molecule has 0 unspecified atom stereocenters. The van der Waals surface area contributed by atoms with E-state index in [1.54, 1.807) is 0 Å². The van der Waals surface area contributed by atoms with Gasteiger partial charge in [-0.1, -0.05) is 35.9 Å². The van der Waals surface area contributed by atoms with Gasteiger partial charge in [0.15, 0.2) is 0 Å². The molecule has 0 fully saturated rings. The molecule has 2 aliphatic rings. The molecular weight excluding hydrogens is 200 g/mol. The van der Waals surface area contributed by atoms with Gasteiger partial charge in [-0.15, -0.1) is 0 Å². The number of ether oxygens (including phenoxy) is 1. The first-order chi connectivity index (χ1) is 7.72. The highest BCUT2D eigenvalue weighted by molar-refractivity contribution is 5.98. The number of carbonyl (C=O) groups is 1. The molecule has 0 amide bonds. The van der Waals surface area contributed by atoms with Gasteiger partial charge in [-0.25, -0.2) is 4.79 Å². The van der Waals surface area contributed by atoms with E-state index in [0.717, 1.165) is 11.1 Å². The van der Waals surface area contributed by atoms with Crippen LogP contribution >= 0.6 is 0 Å². The molecule has 0 N–H and O–H groups in total. The van der Waals surface area contributed by atoms with Crippen LogP contribution in [0.1, 0.15) is 22.8 Å². The van der Waals surface area contributed by atoms with Crippen LogP contribution in [0.4, 0.5) is 0 Å². The zero-order chi connectivity index (χ0) is 11.5. The summed E-state index contributed by atoms with van der Waals surface area (Å²) in [7, 11) is 0. The molecule has 0 aromatic rings. The van der Waals surface area contributed by atoms with Crippen molar-refractivity contribution in [3.63, 3.8) is 0 Å². The number of hydrogen-bond acceptors (Lipinski definition) is 2. The fourth-order valence-corrected chi connectivity index (χ4v) is 1.72. The summed E-state index contributed by atoms with van der Waals surface area (Å²) < 4.78 is 5.02. The molecule has 0 saturated carbocycles. The molecule has 82 valence electrons. The fraction of sp³-hybridized carbons (Fsp3) is 0.214. The Bertz CT molecular complexity index is 488. The number of aryl methyl sites for hydroxylation is 1. The third-order valence-electron chi connectivity index (χ3n) is 2.56. The highest BCUT2D eigenvalue weighted by Gasteiger charge is 2.15. The van der Waals surface area contributed by atoms with Crippen LogP contribution in [0.2, 0.25) is 0 Å². The van der Waals surface area contributed by atoms with Crippen LogP contribution in [0.25, 0.3) is 11.1 Å². The highest BCUT2D eigenvalue weighted by atomic mass is 16.5. The molecule has 0 aromatic carbocycles. The summed E-state index contributed by atoms with van der Waals surface area (Å²) in [5, 5.41) is 0. The number of esters is 1. The third-order valence-corrected chi connectivity index (χ3v) is 2.56. The van der Waals surface area contributed by atoms with E-state index in [1.807, 2.05) is 50.2 Å². The summed E-state index contributed by atoms with van der Waals surface area (Å²) in [6.07, 6.45) is 0. The van der Waals surface area contributed by atoms with E-state index in [1.165, 1.54) is 5.56 Å². The third kappa shape index (κ3) is 1.91. The standard InChI is InChI=1S/C14H14O2/c1-3-16-14(15)13-9-7-11-6-4-10(2)5-8-12(11)13/h4-9H,3H2,1-2H3. The molecule has 0 heterocycles. The molecule has 2 nitrogen and oxygen atoms in total. The van der Waals surface area contributed by atoms with Crippen molar-refractivity contribution in [2.24, 2.45) is 0 Å². The lowest BCUT2D eigenvalue weighted by Crippen LogP contribution is -2.03. The van der Waals surface area contributed by atoms with Crippen molar-refractivity contribution in [3.05, 3.63) is 47.5 Å². The normalized spacial score (nSPS) is 10.4. The van der Waals surface area contributed by atoms with Gasteiger partial charge in [0.25, 0.3) is 0 Å². The number of hydrogen-bond donors (Lipinski definition) is 0. The van der Waals surface area contributed by atoms with Gasteiger partial charge in [0.1, 0.15) is 0 Å². The van der Waals surface area contributed by atoms with Crippen LogP contribution < -0.4 is 0 Å². The smallest absolute Gasteiger partial charge is 0.338 e. The number of carbonyl (C=O) groups excluding carboxylic acids is 1. The lowest BCUT2D eigenvalue weighted by Gasteiger charge is -2.01. The van der Waals surface area contributed by atoms with Crippen LogP contribution in [0.5, 0.6) is 0 Å². The number of fused-ring (bicyclic) bond motifs is 1. The van der Waals surface area contributed by atoms with Gasteiger partial charge in [0.05, 0.1) is 12.2 Å². The SMILES string of the molecule is CCOC(=O)c1ccc2ccc(C)ccc1-2. The Morgan fingerprint density at radius 3 is 2.56 bits per heavy atom. The van der Waals surface area contributed by atoms with Gasteiger partial charge in [-0.05, 0) is 31.0 Å². The minimum Gasteiger partial charge on any atom is -0.462 e. The molecule has 2 aliphatic carbocycles. The van der Waals surface area contributed by atoms with E-state index in [4.69, 9.17) is 4.74 Å². The zero-order valence-electron chi connectivity index (χ0n) is 9.49. The largest absolute Gasteiger partial charge is 0.462 e. The van der Waals surface area contributed by atoms with E-state index >= 15 is 0 Å². The van der Waals surface area contributed by atoms with Crippen molar-refractivity contribution in [1.82, 2.24) is 0 Å². The Labute approximate surface area is 95.2 Å². The van der Waals surface area contributed by atoms with Gasteiger partial charge in [-0.3, -0.25) is 0 Å². The monoisotopic (exact) mass is 214 g/mol. The van der Waals surface area contributed by atoms with Crippen molar-refractivity contribution in [2.75, 3.05) is 6.61 Å². The Balaban J connectivity index is 2.48. The second kappa shape index (κ2) is 4.35. The summed E-state index contributed by atoms with van der Waals surface area (Å²) in [5.41, 5.74) is 3.83. The van der Waals surface area contributed by atoms with E-state index in [0.29, 0.717) is 12.2 Å². The lowest BCUT2D eigenvalue weighted by atomic mass is 10.1. The maximum absolute atomic E-state index is 11.7. The molecule has 0 atom stereocenters. The fourth-order valence-electron chi connectivity index (χ4n) is 1.72. The average Bonchev–Trinajstić information content (AvgIpc) is 2.58. The first-order valence-electron chi connectivity index (χ1n) is 5.39. The van der Waals surface area contributed by atoms with Crippen molar-refractivity contribution >= 4 is 5.97 Å². The Morgan fingerprint density at radius 1 is 1.12 bits per heavy atom. The molecule has 0 spiro atoms. The van der Waals surface area contributed by atoms with Gasteiger partial charge < -0.3 is 4.74 Å². The summed E-state index contributed by atoms with van der Waals surface area (Å²) >= 11 is 0. The van der Waals surface area contributed by atoms with Crippen molar-refractivity contribution in [3.8, 4) is 11.1 Å². The molecule has 16 heavy (non-hydrogen) atoms. The van der Waals surface area contributed by atoms with Crippen LogP contribution in [-0.2, 0) is 4.74 Å². The summed E-state index contributed by atoms with van der Waals surface area (Å²) in [6, 6.07) is 11.8. The minimum absolute atomic E-state index is 0.249. The lowest BCUT2D eigenvalue weighted by molar-refractivity contribution is 0.0528. The second-order valence-corrected chi connectivity index (χ2v) is 3.75.